The van der Waals surface area contributed by atoms with E-state index >= 15 is 0 Å². The Morgan fingerprint density at radius 1 is 1.24 bits per heavy atom. The molecule has 0 radical (unpaired) electrons. The van der Waals surface area contributed by atoms with Crippen LogP contribution in [0, 0.1) is 5.92 Å². The van der Waals surface area contributed by atoms with Gasteiger partial charge in [-0.05, 0) is 12.3 Å². The largest absolute Gasteiger partial charge is 0.370 e. The van der Waals surface area contributed by atoms with Gasteiger partial charge in [0.15, 0.2) is 0 Å². The van der Waals surface area contributed by atoms with Crippen molar-refractivity contribution in [2.24, 2.45) is 5.92 Å². The molecule has 0 atom stereocenters. The summed E-state index contributed by atoms with van der Waals surface area (Å²) in [5.41, 5.74) is 5.83. The zero-order valence-corrected chi connectivity index (χ0v) is 13.5. The van der Waals surface area contributed by atoms with Crippen molar-refractivity contribution in [1.82, 2.24) is 14.9 Å². The van der Waals surface area contributed by atoms with Crippen molar-refractivity contribution >= 4 is 17.6 Å². The number of anilines is 3. The molecule has 0 unspecified atom stereocenters. The summed E-state index contributed by atoms with van der Waals surface area (Å²) in [5.74, 6) is 2.82. The minimum absolute atomic E-state index is 0.343. The third-order valence-corrected chi connectivity index (χ3v) is 3.61. The molecule has 0 bridgehead atoms. The van der Waals surface area contributed by atoms with E-state index in [0.717, 1.165) is 56.7 Å². The molecule has 2 heterocycles. The smallest absolute Gasteiger partial charge is 0.223 e. The topological polar surface area (TPSA) is 70.3 Å². The Morgan fingerprint density at radius 3 is 2.57 bits per heavy atom. The second-order valence-corrected chi connectivity index (χ2v) is 6.08. The highest BCUT2D eigenvalue weighted by Gasteiger charge is 2.19. The molecule has 118 valence electrons. The second-order valence-electron chi connectivity index (χ2n) is 6.08. The molecule has 0 saturated carbocycles. The molecule has 1 aliphatic heterocycles. The van der Waals surface area contributed by atoms with Gasteiger partial charge in [-0.1, -0.05) is 20.8 Å². The maximum absolute atomic E-state index is 5.83. The van der Waals surface area contributed by atoms with Crippen LogP contribution in [0.15, 0.2) is 6.07 Å². The van der Waals surface area contributed by atoms with Crippen LogP contribution in [0.1, 0.15) is 27.2 Å². The van der Waals surface area contributed by atoms with Crippen molar-refractivity contribution in [1.29, 1.82) is 0 Å². The predicted octanol–water partition coefficient (Wildman–Crippen LogP) is 1.66. The number of hydrogen-bond donors (Lipinski definition) is 2. The van der Waals surface area contributed by atoms with Crippen molar-refractivity contribution < 1.29 is 0 Å². The lowest BCUT2D eigenvalue weighted by Crippen LogP contribution is -2.47. The molecule has 1 aromatic heterocycles. The number of nitrogens with one attached hydrogen (secondary N) is 1. The highest BCUT2D eigenvalue weighted by atomic mass is 15.3. The van der Waals surface area contributed by atoms with Gasteiger partial charge in [0.2, 0.25) is 5.95 Å². The van der Waals surface area contributed by atoms with Crippen LogP contribution in [0.3, 0.4) is 0 Å². The van der Waals surface area contributed by atoms with Crippen molar-refractivity contribution in [2.75, 3.05) is 55.2 Å². The van der Waals surface area contributed by atoms with Crippen LogP contribution in [0.4, 0.5) is 17.6 Å². The third kappa shape index (κ3) is 4.74. The SMILES string of the molecule is CCCNc1cc(N2CCN(CC(C)C)CC2)nc(N)n1. The Hall–Kier alpha value is -1.56. The summed E-state index contributed by atoms with van der Waals surface area (Å²) in [5, 5.41) is 3.28. The monoisotopic (exact) mass is 292 g/mol. The summed E-state index contributed by atoms with van der Waals surface area (Å²) in [7, 11) is 0. The molecule has 0 spiro atoms. The lowest BCUT2D eigenvalue weighted by atomic mass is 10.2. The molecule has 1 fully saturated rings. The number of nitrogen functional groups attached to an aromatic ring is 1. The number of nitrogens with zero attached hydrogens (tertiary/aromatic N) is 4. The summed E-state index contributed by atoms with van der Waals surface area (Å²) in [6, 6.07) is 2.00. The molecule has 1 saturated heterocycles. The molecule has 1 aromatic rings. The quantitative estimate of drug-likeness (QED) is 0.831. The van der Waals surface area contributed by atoms with Gasteiger partial charge in [0.05, 0.1) is 0 Å². The fraction of sp³-hybridized carbons (Fsp3) is 0.733. The number of nitrogens with two attached hydrogens (primary N) is 1. The van der Waals surface area contributed by atoms with Gasteiger partial charge < -0.3 is 16.0 Å². The summed E-state index contributed by atoms with van der Waals surface area (Å²) in [6.07, 6.45) is 1.06. The van der Waals surface area contributed by atoms with E-state index < -0.39 is 0 Å². The Labute approximate surface area is 127 Å². The Bertz CT molecular complexity index is 440. The molecular weight excluding hydrogens is 264 g/mol. The predicted molar refractivity (Wildman–Crippen MR) is 88.7 cm³/mol. The first kappa shape index (κ1) is 15.8. The average molecular weight is 292 g/mol. The lowest BCUT2D eigenvalue weighted by Gasteiger charge is -2.36. The van der Waals surface area contributed by atoms with E-state index in [9.17, 15) is 0 Å². The average Bonchev–Trinajstić information content (AvgIpc) is 2.44. The fourth-order valence-electron chi connectivity index (χ4n) is 2.63. The molecule has 0 aliphatic carbocycles. The van der Waals surface area contributed by atoms with Crippen molar-refractivity contribution in [3.8, 4) is 0 Å². The Balaban J connectivity index is 1.97. The van der Waals surface area contributed by atoms with Gasteiger partial charge in [0, 0.05) is 45.3 Å². The third-order valence-electron chi connectivity index (χ3n) is 3.61. The minimum Gasteiger partial charge on any atom is -0.370 e. The molecule has 6 nitrogen and oxygen atoms in total. The zero-order valence-electron chi connectivity index (χ0n) is 13.5. The van der Waals surface area contributed by atoms with Gasteiger partial charge in [-0.2, -0.15) is 9.97 Å². The minimum atomic E-state index is 0.343. The number of hydrogen-bond acceptors (Lipinski definition) is 6. The van der Waals surface area contributed by atoms with E-state index in [1.54, 1.807) is 0 Å². The van der Waals surface area contributed by atoms with Crippen LogP contribution in [-0.2, 0) is 0 Å². The summed E-state index contributed by atoms with van der Waals surface area (Å²) < 4.78 is 0. The van der Waals surface area contributed by atoms with Gasteiger partial charge in [0.1, 0.15) is 11.6 Å². The van der Waals surface area contributed by atoms with Crippen LogP contribution < -0.4 is 16.0 Å². The normalized spacial score (nSPS) is 16.5. The van der Waals surface area contributed by atoms with Crippen molar-refractivity contribution in [3.05, 3.63) is 6.07 Å². The van der Waals surface area contributed by atoms with Crippen LogP contribution in [0.25, 0.3) is 0 Å². The number of piperazine rings is 1. The summed E-state index contributed by atoms with van der Waals surface area (Å²) in [4.78, 5) is 13.4. The summed E-state index contributed by atoms with van der Waals surface area (Å²) in [6.45, 7) is 12.9. The highest BCUT2D eigenvalue weighted by molar-refractivity contribution is 5.52. The van der Waals surface area contributed by atoms with Crippen molar-refractivity contribution in [2.45, 2.75) is 27.2 Å². The highest BCUT2D eigenvalue weighted by Crippen LogP contribution is 2.19. The molecule has 2 rings (SSSR count). The molecule has 21 heavy (non-hydrogen) atoms. The lowest BCUT2D eigenvalue weighted by molar-refractivity contribution is 0.231. The van der Waals surface area contributed by atoms with Crippen molar-refractivity contribution in [3.63, 3.8) is 0 Å². The summed E-state index contributed by atoms with van der Waals surface area (Å²) >= 11 is 0. The number of aromatic nitrogens is 2. The van der Waals surface area contributed by atoms with Gasteiger partial charge >= 0.3 is 0 Å². The van der Waals surface area contributed by atoms with Gasteiger partial charge in [-0.3, -0.25) is 4.90 Å². The molecule has 3 N–H and O–H groups in total. The number of rotatable bonds is 6. The maximum atomic E-state index is 5.83. The van der Waals surface area contributed by atoms with E-state index in [2.05, 4.69) is 45.9 Å². The van der Waals surface area contributed by atoms with E-state index in [0.29, 0.717) is 5.95 Å². The first-order valence-electron chi connectivity index (χ1n) is 7.94. The van der Waals surface area contributed by atoms with E-state index in [1.165, 1.54) is 6.54 Å². The van der Waals surface area contributed by atoms with Gasteiger partial charge in [-0.25, -0.2) is 0 Å². The molecule has 1 aliphatic rings. The molecule has 0 amide bonds. The van der Waals surface area contributed by atoms with Crippen LogP contribution in [0.5, 0.6) is 0 Å². The van der Waals surface area contributed by atoms with E-state index in [-0.39, 0.29) is 0 Å². The Kier molecular flexibility index (Phi) is 5.61. The second kappa shape index (κ2) is 7.45. The first-order valence-corrected chi connectivity index (χ1v) is 7.94. The van der Waals surface area contributed by atoms with Gasteiger partial charge in [0.25, 0.3) is 0 Å². The molecule has 6 heteroatoms. The molecular formula is C15H28N6. The van der Waals surface area contributed by atoms with Crippen LogP contribution in [0.2, 0.25) is 0 Å². The van der Waals surface area contributed by atoms with Gasteiger partial charge in [-0.15, -0.1) is 0 Å². The van der Waals surface area contributed by atoms with Crippen LogP contribution >= 0.6 is 0 Å². The van der Waals surface area contributed by atoms with E-state index in [1.807, 2.05) is 6.07 Å². The van der Waals surface area contributed by atoms with Crippen LogP contribution in [-0.4, -0.2) is 54.1 Å². The van der Waals surface area contributed by atoms with E-state index in [4.69, 9.17) is 5.73 Å². The Morgan fingerprint density at radius 2 is 1.95 bits per heavy atom. The maximum Gasteiger partial charge on any atom is 0.223 e. The standard InChI is InChI=1S/C15H28N6/c1-4-5-17-13-10-14(19-15(16)18-13)21-8-6-20(7-9-21)11-12(2)3/h10,12H,4-9,11H2,1-3H3,(H3,16,17,18,19). The first-order chi connectivity index (χ1) is 10.1. The fourth-order valence-corrected chi connectivity index (χ4v) is 2.63. The molecule has 0 aromatic carbocycles. The zero-order chi connectivity index (χ0) is 15.2.